The molecule has 0 bridgehead atoms. The standard InChI is InChI=1S/C24H28N4O4/c25-13-4-14-26-16-23(31)27-15-21(22(30)17-29)28-24(32)20-11-9-19(10-12-20)8-7-18-5-2-1-3-6-18/h1-3,5-6,9-12,21,26,29H,4,13-17,25H2,(H,27,31)(H,28,32)/t21-/m0/s1. The number of hydrogen-bond acceptors (Lipinski definition) is 6. The first kappa shape index (κ1) is 24.8. The van der Waals surface area contributed by atoms with Gasteiger partial charge in [-0.1, -0.05) is 30.0 Å². The average molecular weight is 437 g/mol. The minimum Gasteiger partial charge on any atom is -0.388 e. The number of benzene rings is 2. The Bertz CT molecular complexity index is 949. The summed E-state index contributed by atoms with van der Waals surface area (Å²) in [7, 11) is 0. The highest BCUT2D eigenvalue weighted by molar-refractivity contribution is 5.98. The SMILES string of the molecule is NCCCNCC(=O)NC[C@H](NC(=O)c1ccc(C#Cc2ccccc2)cc1)C(=O)CO. The summed E-state index contributed by atoms with van der Waals surface area (Å²) in [6.45, 7) is 0.325. The Kier molecular flexibility index (Phi) is 10.6. The van der Waals surface area contributed by atoms with Crippen molar-refractivity contribution in [2.75, 3.05) is 32.8 Å². The predicted octanol–water partition coefficient (Wildman–Crippen LogP) is -0.199. The molecule has 8 heteroatoms. The maximum absolute atomic E-state index is 12.5. The summed E-state index contributed by atoms with van der Waals surface area (Å²) in [5, 5.41) is 17.2. The topological polar surface area (TPSA) is 134 Å². The highest BCUT2D eigenvalue weighted by atomic mass is 16.3. The first-order valence-corrected chi connectivity index (χ1v) is 10.3. The van der Waals surface area contributed by atoms with Gasteiger partial charge >= 0.3 is 0 Å². The van der Waals surface area contributed by atoms with Crippen molar-refractivity contribution in [3.8, 4) is 11.8 Å². The second-order valence-electron chi connectivity index (χ2n) is 6.97. The predicted molar refractivity (Wildman–Crippen MR) is 122 cm³/mol. The van der Waals surface area contributed by atoms with Gasteiger partial charge in [0.25, 0.3) is 5.91 Å². The molecule has 6 N–H and O–H groups in total. The Morgan fingerprint density at radius 2 is 1.62 bits per heavy atom. The molecule has 2 amide bonds. The van der Waals surface area contributed by atoms with Crippen LogP contribution in [0, 0.1) is 11.8 Å². The molecule has 0 aliphatic heterocycles. The lowest BCUT2D eigenvalue weighted by Gasteiger charge is -2.17. The zero-order chi connectivity index (χ0) is 23.2. The van der Waals surface area contributed by atoms with Crippen LogP contribution in [0.15, 0.2) is 54.6 Å². The van der Waals surface area contributed by atoms with Gasteiger partial charge in [-0.2, -0.15) is 0 Å². The zero-order valence-corrected chi connectivity index (χ0v) is 17.8. The first-order valence-electron chi connectivity index (χ1n) is 10.3. The molecule has 0 aliphatic carbocycles. The molecule has 1 atom stereocenters. The second kappa shape index (κ2) is 13.7. The molecular formula is C24H28N4O4. The molecule has 2 aromatic rings. The van der Waals surface area contributed by atoms with E-state index in [0.717, 1.165) is 17.5 Å². The fraction of sp³-hybridized carbons (Fsp3) is 0.292. The molecular weight excluding hydrogens is 408 g/mol. The number of nitrogens with two attached hydrogens (primary N) is 1. The summed E-state index contributed by atoms with van der Waals surface area (Å²) in [6, 6.07) is 15.1. The molecule has 0 aromatic heterocycles. The van der Waals surface area contributed by atoms with Gasteiger partial charge in [-0.15, -0.1) is 0 Å². The van der Waals surface area contributed by atoms with Crippen LogP contribution in [0.1, 0.15) is 27.9 Å². The summed E-state index contributed by atoms with van der Waals surface area (Å²) in [6.07, 6.45) is 0.742. The number of aliphatic hydroxyl groups excluding tert-OH is 1. The number of carbonyl (C=O) groups excluding carboxylic acids is 3. The van der Waals surface area contributed by atoms with E-state index >= 15 is 0 Å². The Hall–Kier alpha value is -3.51. The quantitative estimate of drug-likeness (QED) is 0.245. The van der Waals surface area contributed by atoms with Crippen LogP contribution in [0.5, 0.6) is 0 Å². The van der Waals surface area contributed by atoms with E-state index in [1.54, 1.807) is 24.3 Å². The van der Waals surface area contributed by atoms with Crippen molar-refractivity contribution < 1.29 is 19.5 Å². The van der Waals surface area contributed by atoms with Gasteiger partial charge in [0, 0.05) is 23.2 Å². The van der Waals surface area contributed by atoms with Gasteiger partial charge in [-0.05, 0) is 55.9 Å². The van der Waals surface area contributed by atoms with Crippen molar-refractivity contribution in [3.05, 3.63) is 71.3 Å². The Labute approximate surface area is 187 Å². The van der Waals surface area contributed by atoms with E-state index in [1.807, 2.05) is 30.3 Å². The molecule has 0 aliphatic rings. The van der Waals surface area contributed by atoms with Crippen LogP contribution in [0.3, 0.4) is 0 Å². The summed E-state index contributed by atoms with van der Waals surface area (Å²) in [4.78, 5) is 36.4. The Morgan fingerprint density at radius 1 is 0.969 bits per heavy atom. The maximum Gasteiger partial charge on any atom is 0.251 e. The van der Waals surface area contributed by atoms with Gasteiger partial charge in [-0.25, -0.2) is 0 Å². The number of carbonyl (C=O) groups is 3. The third-order valence-corrected chi connectivity index (χ3v) is 4.47. The van der Waals surface area contributed by atoms with Gasteiger partial charge in [0.1, 0.15) is 12.6 Å². The molecule has 2 rings (SSSR count). The fourth-order valence-corrected chi connectivity index (χ4v) is 2.68. The highest BCUT2D eigenvalue weighted by Crippen LogP contribution is 2.05. The van der Waals surface area contributed by atoms with Gasteiger partial charge in [0.05, 0.1) is 6.54 Å². The Morgan fingerprint density at radius 3 is 2.25 bits per heavy atom. The Balaban J connectivity index is 1.92. The molecule has 168 valence electrons. The van der Waals surface area contributed by atoms with E-state index in [1.165, 1.54) is 0 Å². The van der Waals surface area contributed by atoms with E-state index in [9.17, 15) is 19.5 Å². The number of Topliss-reactive ketones (excluding diaryl/α,β-unsaturated/α-hetero) is 1. The number of hydrogen-bond donors (Lipinski definition) is 5. The monoisotopic (exact) mass is 436 g/mol. The average Bonchev–Trinajstić information content (AvgIpc) is 2.83. The molecule has 32 heavy (non-hydrogen) atoms. The van der Waals surface area contributed by atoms with Crippen molar-refractivity contribution in [3.63, 3.8) is 0 Å². The van der Waals surface area contributed by atoms with Crippen LogP contribution in [0.25, 0.3) is 0 Å². The van der Waals surface area contributed by atoms with Gasteiger partial charge in [-0.3, -0.25) is 14.4 Å². The van der Waals surface area contributed by atoms with Crippen molar-refractivity contribution in [1.29, 1.82) is 0 Å². The number of aliphatic hydroxyl groups is 1. The molecule has 0 radical (unpaired) electrons. The van der Waals surface area contributed by atoms with E-state index < -0.39 is 24.3 Å². The number of amides is 2. The molecule has 0 fully saturated rings. The van der Waals surface area contributed by atoms with Crippen LogP contribution in [-0.4, -0.2) is 61.5 Å². The lowest BCUT2D eigenvalue weighted by atomic mass is 10.1. The molecule has 0 saturated heterocycles. The fourth-order valence-electron chi connectivity index (χ4n) is 2.68. The van der Waals surface area contributed by atoms with Gasteiger partial charge < -0.3 is 26.8 Å². The number of nitrogens with one attached hydrogen (secondary N) is 3. The van der Waals surface area contributed by atoms with Gasteiger partial charge in [0.15, 0.2) is 5.78 Å². The second-order valence-corrected chi connectivity index (χ2v) is 6.97. The maximum atomic E-state index is 12.5. The van der Waals surface area contributed by atoms with Crippen LogP contribution in [-0.2, 0) is 9.59 Å². The lowest BCUT2D eigenvalue weighted by Crippen LogP contribution is -2.50. The molecule has 0 saturated carbocycles. The van der Waals surface area contributed by atoms with E-state index in [0.29, 0.717) is 18.7 Å². The number of rotatable bonds is 11. The van der Waals surface area contributed by atoms with E-state index in [-0.39, 0.29) is 19.0 Å². The zero-order valence-electron chi connectivity index (χ0n) is 17.8. The largest absolute Gasteiger partial charge is 0.388 e. The third kappa shape index (κ3) is 8.70. The summed E-state index contributed by atoms with van der Waals surface area (Å²) < 4.78 is 0. The van der Waals surface area contributed by atoms with Crippen molar-refractivity contribution in [1.82, 2.24) is 16.0 Å². The summed E-state index contributed by atoms with van der Waals surface area (Å²) in [5.41, 5.74) is 7.34. The van der Waals surface area contributed by atoms with E-state index in [2.05, 4.69) is 27.8 Å². The van der Waals surface area contributed by atoms with E-state index in [4.69, 9.17) is 5.73 Å². The molecule has 8 nitrogen and oxygen atoms in total. The van der Waals surface area contributed by atoms with Crippen molar-refractivity contribution >= 4 is 17.6 Å². The van der Waals surface area contributed by atoms with Crippen LogP contribution >= 0.6 is 0 Å². The normalized spacial score (nSPS) is 11.1. The summed E-state index contributed by atoms with van der Waals surface area (Å²) >= 11 is 0. The van der Waals surface area contributed by atoms with Crippen molar-refractivity contribution in [2.45, 2.75) is 12.5 Å². The van der Waals surface area contributed by atoms with Crippen LogP contribution in [0.4, 0.5) is 0 Å². The number of ketones is 1. The summed E-state index contributed by atoms with van der Waals surface area (Å²) in [5.74, 6) is 4.65. The lowest BCUT2D eigenvalue weighted by molar-refractivity contribution is -0.124. The van der Waals surface area contributed by atoms with Crippen LogP contribution < -0.4 is 21.7 Å². The molecule has 0 unspecified atom stereocenters. The molecule has 0 heterocycles. The third-order valence-electron chi connectivity index (χ3n) is 4.47. The van der Waals surface area contributed by atoms with Gasteiger partial charge in [0.2, 0.25) is 5.91 Å². The smallest absolute Gasteiger partial charge is 0.251 e. The minimum absolute atomic E-state index is 0.0689. The minimum atomic E-state index is -1.04. The molecule has 0 spiro atoms. The highest BCUT2D eigenvalue weighted by Gasteiger charge is 2.21. The molecule has 2 aromatic carbocycles. The first-order chi connectivity index (χ1) is 15.5. The van der Waals surface area contributed by atoms with Crippen molar-refractivity contribution in [2.24, 2.45) is 5.73 Å². The van der Waals surface area contributed by atoms with Crippen LogP contribution in [0.2, 0.25) is 0 Å².